The van der Waals surface area contributed by atoms with Crippen molar-refractivity contribution >= 4 is 17.6 Å². The number of carboxylic acid groups (broad SMARTS) is 1. The van der Waals surface area contributed by atoms with Crippen LogP contribution in [0.3, 0.4) is 0 Å². The van der Waals surface area contributed by atoms with Crippen LogP contribution in [0, 0.1) is 5.92 Å². The summed E-state index contributed by atoms with van der Waals surface area (Å²) in [4.78, 5) is 12.8. The lowest BCUT2D eigenvalue weighted by molar-refractivity contribution is -0.138. The molecular weight excluding hydrogens is 266 g/mol. The Labute approximate surface area is 118 Å². The van der Waals surface area contributed by atoms with Crippen molar-refractivity contribution in [3.8, 4) is 5.75 Å². The molecule has 0 aliphatic rings. The molecule has 0 amide bonds. The first-order chi connectivity index (χ1) is 8.93. The largest absolute Gasteiger partial charge is 0.496 e. The molecule has 0 aromatic heterocycles. The molecule has 0 fully saturated rings. The van der Waals surface area contributed by atoms with Gasteiger partial charge in [0.15, 0.2) is 0 Å². The van der Waals surface area contributed by atoms with Gasteiger partial charge >= 0.3 is 5.97 Å². The Kier molecular flexibility index (Phi) is 6.12. The van der Waals surface area contributed by atoms with Gasteiger partial charge < -0.3 is 9.84 Å². The van der Waals surface area contributed by atoms with E-state index in [1.807, 2.05) is 17.0 Å². The monoisotopic (exact) mass is 285 g/mol. The second-order valence-corrected chi connectivity index (χ2v) is 5.29. The van der Waals surface area contributed by atoms with Crippen LogP contribution in [0.25, 0.3) is 0 Å². The molecule has 4 nitrogen and oxygen atoms in total. The summed E-state index contributed by atoms with van der Waals surface area (Å²) in [7, 11) is 1.58. The van der Waals surface area contributed by atoms with Gasteiger partial charge in [-0.25, -0.2) is 0 Å². The number of ether oxygens (including phenoxy) is 1. The predicted molar refractivity (Wildman–Crippen MR) is 75.8 cm³/mol. The first-order valence-corrected chi connectivity index (χ1v) is 6.57. The standard InChI is InChI=1S/C14H20ClNO3/c1-10(2)7-16(9-14(17)18)8-11-12(15)5-4-6-13(11)19-3/h4-6,10H,7-9H2,1-3H3,(H,17,18). The summed E-state index contributed by atoms with van der Waals surface area (Å²) >= 11 is 6.17. The highest BCUT2D eigenvalue weighted by atomic mass is 35.5. The fraction of sp³-hybridized carbons (Fsp3) is 0.500. The van der Waals surface area contributed by atoms with Crippen molar-refractivity contribution in [2.24, 2.45) is 5.92 Å². The van der Waals surface area contributed by atoms with Gasteiger partial charge in [0.1, 0.15) is 5.75 Å². The van der Waals surface area contributed by atoms with Crippen LogP contribution >= 0.6 is 11.6 Å². The summed E-state index contributed by atoms with van der Waals surface area (Å²) in [6.45, 7) is 5.26. The number of benzene rings is 1. The molecule has 1 N–H and O–H groups in total. The van der Waals surface area contributed by atoms with Crippen LogP contribution in [0.1, 0.15) is 19.4 Å². The Hall–Kier alpha value is -1.26. The van der Waals surface area contributed by atoms with E-state index in [2.05, 4.69) is 13.8 Å². The molecule has 0 saturated heterocycles. The van der Waals surface area contributed by atoms with Gasteiger partial charge in [0.25, 0.3) is 0 Å². The number of rotatable bonds is 7. The second kappa shape index (κ2) is 7.36. The van der Waals surface area contributed by atoms with Crippen LogP contribution in [0.4, 0.5) is 0 Å². The first-order valence-electron chi connectivity index (χ1n) is 6.19. The van der Waals surface area contributed by atoms with Crippen molar-refractivity contribution in [2.45, 2.75) is 20.4 Å². The molecule has 19 heavy (non-hydrogen) atoms. The summed E-state index contributed by atoms with van der Waals surface area (Å²) in [5.74, 6) is 0.228. The van der Waals surface area contributed by atoms with Crippen molar-refractivity contribution in [3.63, 3.8) is 0 Å². The Bertz CT molecular complexity index is 435. The molecule has 0 aliphatic heterocycles. The van der Waals surface area contributed by atoms with Gasteiger partial charge in [-0.15, -0.1) is 0 Å². The van der Waals surface area contributed by atoms with Gasteiger partial charge in [-0.1, -0.05) is 31.5 Å². The highest BCUT2D eigenvalue weighted by molar-refractivity contribution is 6.31. The van der Waals surface area contributed by atoms with Gasteiger partial charge in [0.05, 0.1) is 13.7 Å². The minimum atomic E-state index is -0.841. The zero-order valence-corrected chi connectivity index (χ0v) is 12.3. The molecule has 1 rings (SSSR count). The van der Waals surface area contributed by atoms with Crippen LogP contribution in [0.5, 0.6) is 5.75 Å². The summed E-state index contributed by atoms with van der Waals surface area (Å²) in [6, 6.07) is 5.43. The lowest BCUT2D eigenvalue weighted by atomic mass is 10.1. The Morgan fingerprint density at radius 3 is 2.68 bits per heavy atom. The van der Waals surface area contributed by atoms with Gasteiger partial charge in [0.2, 0.25) is 0 Å². The van der Waals surface area contributed by atoms with Crippen molar-refractivity contribution in [3.05, 3.63) is 28.8 Å². The molecule has 0 spiro atoms. The third-order valence-corrected chi connectivity index (χ3v) is 3.01. The molecule has 0 aliphatic carbocycles. The van der Waals surface area contributed by atoms with Crippen LogP contribution in [0.2, 0.25) is 5.02 Å². The number of methoxy groups -OCH3 is 1. The first kappa shape index (κ1) is 15.8. The second-order valence-electron chi connectivity index (χ2n) is 4.88. The van der Waals surface area contributed by atoms with E-state index in [1.54, 1.807) is 13.2 Å². The third-order valence-electron chi connectivity index (χ3n) is 2.66. The summed E-state index contributed by atoms with van der Waals surface area (Å²) in [6.07, 6.45) is 0. The smallest absolute Gasteiger partial charge is 0.317 e. The van der Waals surface area contributed by atoms with E-state index in [0.29, 0.717) is 29.8 Å². The molecule has 0 radical (unpaired) electrons. The SMILES string of the molecule is COc1cccc(Cl)c1CN(CC(=O)O)CC(C)C. The Morgan fingerprint density at radius 1 is 1.47 bits per heavy atom. The van der Waals surface area contributed by atoms with E-state index in [4.69, 9.17) is 21.4 Å². The average Bonchev–Trinajstić information content (AvgIpc) is 2.30. The highest BCUT2D eigenvalue weighted by Crippen LogP contribution is 2.27. The topological polar surface area (TPSA) is 49.8 Å². The normalized spacial score (nSPS) is 11.1. The predicted octanol–water partition coefficient (Wildman–Crippen LogP) is 2.89. The van der Waals surface area contributed by atoms with Gasteiger partial charge in [-0.2, -0.15) is 0 Å². The number of nitrogens with zero attached hydrogens (tertiary/aromatic N) is 1. The van der Waals surface area contributed by atoms with Gasteiger partial charge in [-0.3, -0.25) is 9.69 Å². The number of carboxylic acids is 1. The third kappa shape index (κ3) is 5.09. The van der Waals surface area contributed by atoms with Crippen LogP contribution in [-0.2, 0) is 11.3 Å². The fourth-order valence-electron chi connectivity index (χ4n) is 2.00. The molecule has 0 saturated carbocycles. The molecule has 1 aromatic carbocycles. The van der Waals surface area contributed by atoms with Crippen molar-refractivity contribution in [2.75, 3.05) is 20.2 Å². The average molecular weight is 286 g/mol. The molecule has 0 unspecified atom stereocenters. The maximum Gasteiger partial charge on any atom is 0.317 e. The molecular formula is C14H20ClNO3. The van der Waals surface area contributed by atoms with E-state index >= 15 is 0 Å². The minimum Gasteiger partial charge on any atom is -0.496 e. The lowest BCUT2D eigenvalue weighted by Gasteiger charge is -2.23. The molecule has 5 heteroatoms. The lowest BCUT2D eigenvalue weighted by Crippen LogP contribution is -2.32. The summed E-state index contributed by atoms with van der Waals surface area (Å²) in [5, 5.41) is 9.56. The fourth-order valence-corrected chi connectivity index (χ4v) is 2.23. The number of carbonyl (C=O) groups is 1. The minimum absolute atomic E-state index is 0.00738. The van der Waals surface area contributed by atoms with Crippen molar-refractivity contribution in [1.29, 1.82) is 0 Å². The van der Waals surface area contributed by atoms with Crippen LogP contribution in [0.15, 0.2) is 18.2 Å². The van der Waals surface area contributed by atoms with E-state index in [1.165, 1.54) is 0 Å². The maximum atomic E-state index is 10.9. The quantitative estimate of drug-likeness (QED) is 0.837. The van der Waals surface area contributed by atoms with E-state index in [0.717, 1.165) is 5.56 Å². The highest BCUT2D eigenvalue weighted by Gasteiger charge is 2.16. The van der Waals surface area contributed by atoms with Crippen LogP contribution in [-0.4, -0.2) is 36.2 Å². The zero-order chi connectivity index (χ0) is 14.4. The van der Waals surface area contributed by atoms with Crippen molar-refractivity contribution < 1.29 is 14.6 Å². The number of hydrogen-bond donors (Lipinski definition) is 1. The number of hydrogen-bond acceptors (Lipinski definition) is 3. The van der Waals surface area contributed by atoms with Crippen LogP contribution < -0.4 is 4.74 Å². The molecule has 0 atom stereocenters. The molecule has 0 heterocycles. The Morgan fingerprint density at radius 2 is 2.16 bits per heavy atom. The molecule has 1 aromatic rings. The van der Waals surface area contributed by atoms with E-state index in [9.17, 15) is 4.79 Å². The number of aliphatic carboxylic acids is 1. The Balaban J connectivity index is 2.91. The van der Waals surface area contributed by atoms with Gasteiger partial charge in [0, 0.05) is 23.7 Å². The van der Waals surface area contributed by atoms with Crippen molar-refractivity contribution in [1.82, 2.24) is 4.90 Å². The van der Waals surface area contributed by atoms with Gasteiger partial charge in [-0.05, 0) is 18.1 Å². The molecule has 106 valence electrons. The van der Waals surface area contributed by atoms with E-state index < -0.39 is 5.97 Å². The molecule has 0 bridgehead atoms. The number of halogens is 1. The van der Waals surface area contributed by atoms with E-state index in [-0.39, 0.29) is 6.54 Å². The summed E-state index contributed by atoms with van der Waals surface area (Å²) < 4.78 is 5.28. The summed E-state index contributed by atoms with van der Waals surface area (Å²) in [5.41, 5.74) is 0.827. The maximum absolute atomic E-state index is 10.9. The zero-order valence-electron chi connectivity index (χ0n) is 11.5.